The van der Waals surface area contributed by atoms with Gasteiger partial charge in [-0.15, -0.1) is 0 Å². The smallest absolute Gasteiger partial charge is 0.0667 e. The minimum Gasteiger partial charge on any atom is -0.380 e. The van der Waals surface area contributed by atoms with Gasteiger partial charge in [0.15, 0.2) is 0 Å². The molecule has 0 amide bonds. The Labute approximate surface area is 94.8 Å². The van der Waals surface area contributed by atoms with Crippen molar-refractivity contribution < 1.29 is 4.74 Å². The van der Waals surface area contributed by atoms with Crippen LogP contribution in [0, 0.1) is 5.92 Å². The van der Waals surface area contributed by atoms with Gasteiger partial charge < -0.3 is 10.1 Å². The van der Waals surface area contributed by atoms with Gasteiger partial charge in [-0.3, -0.25) is 0 Å². The van der Waals surface area contributed by atoms with Crippen LogP contribution in [0.25, 0.3) is 0 Å². The lowest BCUT2D eigenvalue weighted by molar-refractivity contribution is 0.109. The zero-order chi connectivity index (χ0) is 11.1. The van der Waals surface area contributed by atoms with Crippen molar-refractivity contribution in [2.24, 2.45) is 5.92 Å². The van der Waals surface area contributed by atoms with Crippen molar-refractivity contribution in [3.8, 4) is 0 Å². The third-order valence-corrected chi connectivity index (χ3v) is 3.73. The molecule has 0 saturated heterocycles. The van der Waals surface area contributed by atoms with Gasteiger partial charge in [0.05, 0.1) is 6.10 Å². The summed E-state index contributed by atoms with van der Waals surface area (Å²) >= 11 is 0. The molecule has 1 aliphatic rings. The summed E-state index contributed by atoms with van der Waals surface area (Å²) in [7, 11) is 1.79. The molecule has 0 spiro atoms. The maximum absolute atomic E-state index is 5.27. The predicted octanol–water partition coefficient (Wildman–Crippen LogP) is 2.97. The lowest BCUT2D eigenvalue weighted by atomic mass is 9.83. The van der Waals surface area contributed by atoms with Gasteiger partial charge >= 0.3 is 0 Å². The highest BCUT2D eigenvalue weighted by Crippen LogP contribution is 2.27. The van der Waals surface area contributed by atoms with Gasteiger partial charge in [-0.2, -0.15) is 0 Å². The maximum atomic E-state index is 5.27. The lowest BCUT2D eigenvalue weighted by Gasteiger charge is -2.31. The Morgan fingerprint density at radius 3 is 2.47 bits per heavy atom. The van der Waals surface area contributed by atoms with E-state index in [0.717, 1.165) is 12.5 Å². The van der Waals surface area contributed by atoms with E-state index in [4.69, 9.17) is 4.74 Å². The number of hydrogen-bond donors (Lipinski definition) is 1. The average Bonchev–Trinajstić information content (AvgIpc) is 2.31. The van der Waals surface area contributed by atoms with Crippen LogP contribution in [0.1, 0.15) is 52.4 Å². The molecule has 90 valence electrons. The van der Waals surface area contributed by atoms with E-state index in [9.17, 15) is 0 Å². The Morgan fingerprint density at radius 2 is 1.93 bits per heavy atom. The zero-order valence-corrected chi connectivity index (χ0v) is 10.6. The number of hydrogen-bond acceptors (Lipinski definition) is 2. The summed E-state index contributed by atoms with van der Waals surface area (Å²) in [5, 5.41) is 3.66. The van der Waals surface area contributed by atoms with Crippen molar-refractivity contribution >= 4 is 0 Å². The second-order valence-electron chi connectivity index (χ2n) is 4.87. The standard InChI is InChI=1S/C13H27NO/c1-4-13(14-10-11(2)15-3)12-8-6-5-7-9-12/h11-14H,4-10H2,1-3H3. The van der Waals surface area contributed by atoms with Gasteiger partial charge in [0.25, 0.3) is 0 Å². The first-order valence-electron chi connectivity index (χ1n) is 6.54. The molecular formula is C13H27NO. The van der Waals surface area contributed by atoms with Crippen LogP contribution in [0.4, 0.5) is 0 Å². The van der Waals surface area contributed by atoms with Crippen LogP contribution in [0.5, 0.6) is 0 Å². The number of nitrogens with one attached hydrogen (secondary N) is 1. The van der Waals surface area contributed by atoms with E-state index in [2.05, 4.69) is 19.2 Å². The molecule has 2 nitrogen and oxygen atoms in total. The lowest BCUT2D eigenvalue weighted by Crippen LogP contribution is -2.40. The molecule has 0 radical (unpaired) electrons. The molecule has 15 heavy (non-hydrogen) atoms. The van der Waals surface area contributed by atoms with Crippen LogP contribution in [0.15, 0.2) is 0 Å². The van der Waals surface area contributed by atoms with Crippen molar-refractivity contribution in [3.05, 3.63) is 0 Å². The molecule has 2 heteroatoms. The summed E-state index contributed by atoms with van der Waals surface area (Å²) in [5.41, 5.74) is 0. The van der Waals surface area contributed by atoms with Crippen LogP contribution >= 0.6 is 0 Å². The first-order chi connectivity index (χ1) is 7.27. The zero-order valence-electron chi connectivity index (χ0n) is 10.6. The van der Waals surface area contributed by atoms with E-state index in [1.54, 1.807) is 7.11 Å². The van der Waals surface area contributed by atoms with E-state index in [-0.39, 0.29) is 0 Å². The molecule has 1 N–H and O–H groups in total. The molecule has 2 unspecified atom stereocenters. The predicted molar refractivity (Wildman–Crippen MR) is 65.1 cm³/mol. The van der Waals surface area contributed by atoms with Crippen molar-refractivity contribution in [2.45, 2.75) is 64.5 Å². The van der Waals surface area contributed by atoms with Gasteiger partial charge in [0, 0.05) is 19.7 Å². The molecule has 2 atom stereocenters. The fraction of sp³-hybridized carbons (Fsp3) is 1.00. The second kappa shape index (κ2) is 7.24. The first-order valence-corrected chi connectivity index (χ1v) is 6.54. The maximum Gasteiger partial charge on any atom is 0.0667 e. The van der Waals surface area contributed by atoms with Gasteiger partial charge in [0.2, 0.25) is 0 Å². The van der Waals surface area contributed by atoms with E-state index in [1.807, 2.05) is 0 Å². The summed E-state index contributed by atoms with van der Waals surface area (Å²) < 4.78 is 5.27. The van der Waals surface area contributed by atoms with Gasteiger partial charge in [-0.25, -0.2) is 0 Å². The minimum absolute atomic E-state index is 0.336. The van der Waals surface area contributed by atoms with E-state index >= 15 is 0 Å². The first kappa shape index (κ1) is 13.0. The normalized spacial score (nSPS) is 22.6. The summed E-state index contributed by atoms with van der Waals surface area (Å²) in [4.78, 5) is 0. The minimum atomic E-state index is 0.336. The van der Waals surface area contributed by atoms with Crippen molar-refractivity contribution in [3.63, 3.8) is 0 Å². The average molecular weight is 213 g/mol. The van der Waals surface area contributed by atoms with E-state index < -0.39 is 0 Å². The van der Waals surface area contributed by atoms with Gasteiger partial charge in [0.1, 0.15) is 0 Å². The number of rotatable bonds is 6. The highest BCUT2D eigenvalue weighted by atomic mass is 16.5. The summed E-state index contributed by atoms with van der Waals surface area (Å²) in [6.07, 6.45) is 8.75. The molecule has 0 aromatic rings. The van der Waals surface area contributed by atoms with Crippen molar-refractivity contribution in [1.29, 1.82) is 0 Å². The quantitative estimate of drug-likeness (QED) is 0.732. The third kappa shape index (κ3) is 4.52. The molecule has 0 aliphatic heterocycles. The largest absolute Gasteiger partial charge is 0.380 e. The fourth-order valence-electron chi connectivity index (χ4n) is 2.58. The summed E-state index contributed by atoms with van der Waals surface area (Å²) in [6, 6.07) is 0.711. The molecular weight excluding hydrogens is 186 g/mol. The Morgan fingerprint density at radius 1 is 1.27 bits per heavy atom. The Hall–Kier alpha value is -0.0800. The summed E-state index contributed by atoms with van der Waals surface area (Å²) in [6.45, 7) is 5.41. The molecule has 1 saturated carbocycles. The van der Waals surface area contributed by atoms with Gasteiger partial charge in [-0.1, -0.05) is 26.2 Å². The number of ether oxygens (including phenoxy) is 1. The molecule has 0 aromatic heterocycles. The highest BCUT2D eigenvalue weighted by Gasteiger charge is 2.21. The summed E-state index contributed by atoms with van der Waals surface area (Å²) in [5.74, 6) is 0.910. The molecule has 0 aromatic carbocycles. The second-order valence-corrected chi connectivity index (χ2v) is 4.87. The third-order valence-electron chi connectivity index (χ3n) is 3.73. The van der Waals surface area contributed by atoms with Crippen LogP contribution < -0.4 is 5.32 Å². The van der Waals surface area contributed by atoms with Crippen LogP contribution in [0.2, 0.25) is 0 Å². The van der Waals surface area contributed by atoms with Crippen LogP contribution in [-0.2, 0) is 4.74 Å². The van der Waals surface area contributed by atoms with Crippen LogP contribution in [0.3, 0.4) is 0 Å². The highest BCUT2D eigenvalue weighted by molar-refractivity contribution is 4.78. The Bertz CT molecular complexity index is 155. The van der Waals surface area contributed by atoms with Gasteiger partial charge in [-0.05, 0) is 32.1 Å². The monoisotopic (exact) mass is 213 g/mol. The van der Waals surface area contributed by atoms with E-state index in [0.29, 0.717) is 12.1 Å². The molecule has 0 heterocycles. The molecule has 1 aliphatic carbocycles. The van der Waals surface area contributed by atoms with E-state index in [1.165, 1.54) is 38.5 Å². The Balaban J connectivity index is 2.27. The topological polar surface area (TPSA) is 21.3 Å². The van der Waals surface area contributed by atoms with Crippen molar-refractivity contribution in [1.82, 2.24) is 5.32 Å². The Kier molecular flexibility index (Phi) is 6.26. The molecule has 1 fully saturated rings. The molecule has 0 bridgehead atoms. The SMILES string of the molecule is CCC(NCC(C)OC)C1CCCCC1. The van der Waals surface area contributed by atoms with Crippen molar-refractivity contribution in [2.75, 3.05) is 13.7 Å². The molecule has 1 rings (SSSR count). The van der Waals surface area contributed by atoms with Crippen LogP contribution in [-0.4, -0.2) is 25.8 Å². The fourth-order valence-corrected chi connectivity index (χ4v) is 2.58. The number of methoxy groups -OCH3 is 1.